The monoisotopic (exact) mass is 268 g/mol. The highest BCUT2D eigenvalue weighted by atomic mass is 19.1. The number of nitrogens with zero attached hydrogens (tertiary/aromatic N) is 1. The maximum absolute atomic E-state index is 13.7. The minimum absolute atomic E-state index is 0.0214. The molecule has 1 heterocycles. The molecule has 5 nitrogen and oxygen atoms in total. The first kappa shape index (κ1) is 13.0. The van der Waals surface area contributed by atoms with Crippen LogP contribution in [0.25, 0.3) is 11.3 Å². The number of hydrogen-bond acceptors (Lipinski definition) is 2. The number of benzene rings is 1. The number of carboxylic acids is 1. The maximum Gasteiger partial charge on any atom is 0.308 e. The first-order valence-electron chi connectivity index (χ1n) is 5.35. The Hall–Kier alpha value is -2.44. The van der Waals surface area contributed by atoms with Crippen LogP contribution in [0.1, 0.15) is 5.56 Å². The number of H-pyrrole nitrogens is 1. The minimum atomic E-state index is -1.23. The number of halogens is 2. The lowest BCUT2D eigenvalue weighted by Crippen LogP contribution is -2.17. The molecule has 0 radical (unpaired) electrons. The minimum Gasteiger partial charge on any atom is -0.481 e. The molecule has 100 valence electrons. The summed E-state index contributed by atoms with van der Waals surface area (Å²) >= 11 is 0. The zero-order chi connectivity index (χ0) is 14.2. The number of rotatable bonds is 3. The largest absolute Gasteiger partial charge is 0.481 e. The van der Waals surface area contributed by atoms with Crippen molar-refractivity contribution >= 4 is 5.97 Å². The molecule has 0 bridgehead atoms. The quantitative estimate of drug-likeness (QED) is 0.880. The van der Waals surface area contributed by atoms with E-state index in [1.807, 2.05) is 0 Å². The smallest absolute Gasteiger partial charge is 0.308 e. The van der Waals surface area contributed by atoms with Crippen LogP contribution in [-0.2, 0) is 18.3 Å². The van der Waals surface area contributed by atoms with Crippen LogP contribution in [-0.4, -0.2) is 20.9 Å². The molecule has 0 fully saturated rings. The van der Waals surface area contributed by atoms with Crippen LogP contribution >= 0.6 is 0 Å². The summed E-state index contributed by atoms with van der Waals surface area (Å²) in [5.74, 6) is -2.65. The van der Waals surface area contributed by atoms with Gasteiger partial charge in [0.1, 0.15) is 11.6 Å². The van der Waals surface area contributed by atoms with Crippen molar-refractivity contribution in [2.75, 3.05) is 0 Å². The first-order chi connectivity index (χ1) is 8.90. The lowest BCUT2D eigenvalue weighted by Gasteiger charge is -2.03. The van der Waals surface area contributed by atoms with Crippen LogP contribution in [0, 0.1) is 11.6 Å². The number of carboxylic acid groups (broad SMARTS) is 1. The molecule has 0 spiro atoms. The van der Waals surface area contributed by atoms with Crippen molar-refractivity contribution in [1.29, 1.82) is 0 Å². The predicted octanol–water partition coefficient (Wildman–Crippen LogP) is 1.29. The maximum atomic E-state index is 13.7. The van der Waals surface area contributed by atoms with E-state index in [4.69, 9.17) is 5.11 Å². The van der Waals surface area contributed by atoms with Gasteiger partial charge in [0, 0.05) is 12.6 Å². The zero-order valence-corrected chi connectivity index (χ0v) is 9.91. The number of aromatic amines is 1. The predicted molar refractivity (Wildman–Crippen MR) is 62.7 cm³/mol. The third kappa shape index (κ3) is 2.40. The molecule has 0 aliphatic carbocycles. The van der Waals surface area contributed by atoms with E-state index < -0.39 is 29.6 Å². The van der Waals surface area contributed by atoms with Crippen molar-refractivity contribution < 1.29 is 18.7 Å². The lowest BCUT2D eigenvalue weighted by atomic mass is 10.1. The van der Waals surface area contributed by atoms with Gasteiger partial charge in [-0.2, -0.15) is 0 Å². The Kier molecular flexibility index (Phi) is 3.20. The Morgan fingerprint density at radius 1 is 1.42 bits per heavy atom. The summed E-state index contributed by atoms with van der Waals surface area (Å²) in [6.45, 7) is 0. The van der Waals surface area contributed by atoms with Gasteiger partial charge in [-0.25, -0.2) is 8.78 Å². The molecule has 19 heavy (non-hydrogen) atoms. The number of hydrogen-bond donors (Lipinski definition) is 2. The fourth-order valence-electron chi connectivity index (χ4n) is 1.82. The molecule has 2 aromatic rings. The molecule has 2 rings (SSSR count). The number of carbonyl (C=O) groups is 1. The summed E-state index contributed by atoms with van der Waals surface area (Å²) in [6.07, 6.45) is -0.568. The molecule has 1 aromatic carbocycles. The Labute approximate surface area is 106 Å². The lowest BCUT2D eigenvalue weighted by molar-refractivity contribution is -0.136. The fourth-order valence-corrected chi connectivity index (χ4v) is 1.82. The van der Waals surface area contributed by atoms with Gasteiger partial charge in [0.2, 0.25) is 0 Å². The van der Waals surface area contributed by atoms with E-state index in [0.29, 0.717) is 0 Å². The molecule has 7 heteroatoms. The van der Waals surface area contributed by atoms with Crippen molar-refractivity contribution in [3.63, 3.8) is 0 Å². The SMILES string of the molecule is Cn1[nH]c(-c2cc(F)ccc2F)c(CC(=O)O)c1=O. The summed E-state index contributed by atoms with van der Waals surface area (Å²) in [7, 11) is 1.37. The molecule has 2 N–H and O–H groups in total. The van der Waals surface area contributed by atoms with E-state index in [0.717, 1.165) is 22.9 Å². The van der Waals surface area contributed by atoms with Crippen molar-refractivity contribution in [3.05, 3.63) is 45.8 Å². The molecule has 0 unspecified atom stereocenters. The van der Waals surface area contributed by atoms with E-state index in [-0.39, 0.29) is 16.8 Å². The van der Waals surface area contributed by atoms with E-state index in [1.54, 1.807) is 0 Å². The summed E-state index contributed by atoms with van der Waals surface area (Å²) in [6, 6.07) is 2.77. The molecular formula is C12H10F2N2O3. The molecular weight excluding hydrogens is 258 g/mol. The van der Waals surface area contributed by atoms with Gasteiger partial charge in [0.25, 0.3) is 5.56 Å². The highest BCUT2D eigenvalue weighted by Crippen LogP contribution is 2.24. The Morgan fingerprint density at radius 3 is 2.74 bits per heavy atom. The third-order valence-corrected chi connectivity index (χ3v) is 2.67. The van der Waals surface area contributed by atoms with Gasteiger partial charge in [0.15, 0.2) is 0 Å². The van der Waals surface area contributed by atoms with Crippen LogP contribution in [0.3, 0.4) is 0 Å². The topological polar surface area (TPSA) is 75.1 Å². The van der Waals surface area contributed by atoms with Gasteiger partial charge in [-0.05, 0) is 18.2 Å². The van der Waals surface area contributed by atoms with Crippen molar-refractivity contribution in [2.45, 2.75) is 6.42 Å². The summed E-state index contributed by atoms with van der Waals surface area (Å²) in [5, 5.41) is 11.3. The molecule has 0 atom stereocenters. The van der Waals surface area contributed by atoms with Gasteiger partial charge in [-0.1, -0.05) is 0 Å². The average Bonchev–Trinajstić information content (AvgIpc) is 2.60. The normalized spacial score (nSPS) is 10.7. The van der Waals surface area contributed by atoms with Crippen LogP contribution < -0.4 is 5.56 Å². The Morgan fingerprint density at radius 2 is 2.11 bits per heavy atom. The molecule has 0 aliphatic rings. The van der Waals surface area contributed by atoms with Crippen molar-refractivity contribution in [2.24, 2.45) is 7.05 Å². The van der Waals surface area contributed by atoms with Crippen LogP contribution in [0.15, 0.2) is 23.0 Å². The highest BCUT2D eigenvalue weighted by Gasteiger charge is 2.19. The second kappa shape index (κ2) is 4.68. The second-order valence-electron chi connectivity index (χ2n) is 4.02. The van der Waals surface area contributed by atoms with E-state index in [1.165, 1.54) is 7.05 Å². The van der Waals surface area contributed by atoms with Gasteiger partial charge in [-0.3, -0.25) is 19.4 Å². The summed E-state index contributed by atoms with van der Waals surface area (Å²) in [5.41, 5.74) is -0.888. The Bertz CT molecular complexity index is 703. The van der Waals surface area contributed by atoms with Gasteiger partial charge < -0.3 is 5.11 Å². The Balaban J connectivity index is 2.68. The van der Waals surface area contributed by atoms with Crippen molar-refractivity contribution in [3.8, 4) is 11.3 Å². The van der Waals surface area contributed by atoms with Crippen LogP contribution in [0.2, 0.25) is 0 Å². The van der Waals surface area contributed by atoms with Crippen LogP contribution in [0.4, 0.5) is 8.78 Å². The fraction of sp³-hybridized carbons (Fsp3) is 0.167. The molecule has 0 saturated heterocycles. The third-order valence-electron chi connectivity index (χ3n) is 2.67. The molecule has 0 saturated carbocycles. The highest BCUT2D eigenvalue weighted by molar-refractivity contribution is 5.75. The summed E-state index contributed by atoms with van der Waals surface area (Å²) in [4.78, 5) is 22.5. The van der Waals surface area contributed by atoms with Crippen molar-refractivity contribution in [1.82, 2.24) is 9.78 Å². The second-order valence-corrected chi connectivity index (χ2v) is 4.02. The van der Waals surface area contributed by atoms with E-state index in [9.17, 15) is 18.4 Å². The molecule has 0 amide bonds. The van der Waals surface area contributed by atoms with Gasteiger partial charge >= 0.3 is 5.97 Å². The van der Waals surface area contributed by atoms with Gasteiger partial charge in [0.05, 0.1) is 17.7 Å². The standard InChI is InChI=1S/C12H10F2N2O3/c1-16-12(19)8(5-10(17)18)11(15-16)7-4-6(13)2-3-9(7)14/h2-4,15H,5H2,1H3,(H,17,18). The number of aliphatic carboxylic acids is 1. The van der Waals surface area contributed by atoms with Crippen LogP contribution in [0.5, 0.6) is 0 Å². The zero-order valence-electron chi connectivity index (χ0n) is 9.91. The average molecular weight is 268 g/mol. The van der Waals surface area contributed by atoms with Gasteiger partial charge in [-0.15, -0.1) is 0 Å². The summed E-state index contributed by atoms with van der Waals surface area (Å²) < 4.78 is 27.8. The number of nitrogens with one attached hydrogen (secondary N) is 1. The molecule has 0 aliphatic heterocycles. The number of aromatic nitrogens is 2. The first-order valence-corrected chi connectivity index (χ1v) is 5.35. The molecule has 1 aromatic heterocycles. The number of aryl methyl sites for hydroxylation is 1. The van der Waals surface area contributed by atoms with E-state index in [2.05, 4.69) is 5.10 Å². The van der Waals surface area contributed by atoms with E-state index >= 15 is 0 Å².